The van der Waals surface area contributed by atoms with E-state index in [1.165, 1.54) is 19.3 Å². The number of hydrogen-bond acceptors (Lipinski definition) is 9. The zero-order valence-corrected chi connectivity index (χ0v) is 23.9. The number of hydrogen-bond donors (Lipinski definition) is 4. The molecule has 0 bridgehead atoms. The molecule has 1 aromatic carbocycles. The summed E-state index contributed by atoms with van der Waals surface area (Å²) < 4.78 is 7.42. The Balaban J connectivity index is 1.27. The summed E-state index contributed by atoms with van der Waals surface area (Å²) in [4.78, 5) is 24.9. The highest BCUT2D eigenvalue weighted by Crippen LogP contribution is 2.34. The molecule has 0 spiro atoms. The Kier molecular flexibility index (Phi) is 7.73. The highest BCUT2D eigenvalue weighted by atomic mass is 16.5. The first-order chi connectivity index (χ1) is 20.0. The van der Waals surface area contributed by atoms with Crippen molar-refractivity contribution in [1.82, 2.24) is 40.2 Å². The molecule has 2 aliphatic rings. The predicted molar refractivity (Wildman–Crippen MR) is 159 cm³/mol. The van der Waals surface area contributed by atoms with E-state index in [-0.39, 0.29) is 11.9 Å². The van der Waals surface area contributed by atoms with Gasteiger partial charge in [0, 0.05) is 36.5 Å². The minimum Gasteiger partial charge on any atom is -0.495 e. The van der Waals surface area contributed by atoms with Gasteiger partial charge in [0.2, 0.25) is 5.95 Å². The SMILES string of the molecule is COc1cc(C(=O)NC2CCN(C)CC2)ccc1Nc1nc(NC2CCCCC2)c2c(-c3cnn(C)c3)n[nH]c2n1. The number of piperidine rings is 1. The second kappa shape index (κ2) is 11.7. The molecule has 4 aromatic rings. The Hall–Kier alpha value is -4.19. The van der Waals surface area contributed by atoms with Gasteiger partial charge in [0.25, 0.3) is 5.91 Å². The van der Waals surface area contributed by atoms with Crippen LogP contribution in [0.4, 0.5) is 17.5 Å². The molecule has 4 heterocycles. The van der Waals surface area contributed by atoms with Crippen molar-refractivity contribution in [2.24, 2.45) is 7.05 Å². The molecule has 41 heavy (non-hydrogen) atoms. The number of amides is 1. The number of carbonyl (C=O) groups excluding carboxylic acids is 1. The average molecular weight is 559 g/mol. The van der Waals surface area contributed by atoms with Gasteiger partial charge in [-0.2, -0.15) is 20.2 Å². The molecular weight excluding hydrogens is 520 g/mol. The van der Waals surface area contributed by atoms with Crippen LogP contribution < -0.4 is 20.7 Å². The first-order valence-corrected chi connectivity index (χ1v) is 14.4. The molecule has 1 amide bonds. The van der Waals surface area contributed by atoms with Crippen LogP contribution in [0, 0.1) is 0 Å². The summed E-state index contributed by atoms with van der Waals surface area (Å²) in [7, 11) is 5.58. The molecule has 216 valence electrons. The lowest BCUT2D eigenvalue weighted by molar-refractivity contribution is 0.0916. The Bertz CT molecular complexity index is 1520. The van der Waals surface area contributed by atoms with Crippen LogP contribution in [-0.4, -0.2) is 80.1 Å². The van der Waals surface area contributed by atoms with Crippen molar-refractivity contribution in [3.8, 4) is 17.0 Å². The number of nitrogens with one attached hydrogen (secondary N) is 4. The van der Waals surface area contributed by atoms with E-state index in [0.29, 0.717) is 34.6 Å². The molecule has 3 aromatic heterocycles. The number of methoxy groups -OCH3 is 1. The molecule has 0 radical (unpaired) electrons. The number of aryl methyl sites for hydroxylation is 1. The van der Waals surface area contributed by atoms with Crippen LogP contribution in [0.1, 0.15) is 55.3 Å². The normalized spacial score (nSPS) is 17.0. The fourth-order valence-electron chi connectivity index (χ4n) is 5.76. The number of H-pyrrole nitrogens is 1. The molecule has 1 saturated carbocycles. The van der Waals surface area contributed by atoms with Gasteiger partial charge in [0.1, 0.15) is 17.3 Å². The third kappa shape index (κ3) is 5.97. The topological polar surface area (TPSA) is 138 Å². The second-order valence-electron chi connectivity index (χ2n) is 11.2. The summed E-state index contributed by atoms with van der Waals surface area (Å²) in [5.41, 5.74) is 3.49. The van der Waals surface area contributed by atoms with Crippen molar-refractivity contribution in [2.75, 3.05) is 37.9 Å². The maximum absolute atomic E-state index is 13.0. The van der Waals surface area contributed by atoms with Crippen LogP contribution >= 0.6 is 0 Å². The molecule has 1 aliphatic carbocycles. The van der Waals surface area contributed by atoms with Crippen molar-refractivity contribution < 1.29 is 9.53 Å². The van der Waals surface area contributed by atoms with E-state index in [4.69, 9.17) is 14.7 Å². The highest BCUT2D eigenvalue weighted by molar-refractivity contribution is 5.99. The lowest BCUT2D eigenvalue weighted by atomic mass is 9.95. The Morgan fingerprint density at radius 2 is 1.85 bits per heavy atom. The zero-order chi connectivity index (χ0) is 28.3. The van der Waals surface area contributed by atoms with E-state index in [2.05, 4.69) is 43.2 Å². The van der Waals surface area contributed by atoms with E-state index >= 15 is 0 Å². The first kappa shape index (κ1) is 27.0. The van der Waals surface area contributed by atoms with Gasteiger partial charge in [-0.25, -0.2) is 0 Å². The Morgan fingerprint density at radius 3 is 2.59 bits per heavy atom. The maximum atomic E-state index is 13.0. The van der Waals surface area contributed by atoms with Crippen molar-refractivity contribution in [1.29, 1.82) is 0 Å². The third-order valence-corrected chi connectivity index (χ3v) is 8.11. The second-order valence-corrected chi connectivity index (χ2v) is 11.2. The molecule has 0 atom stereocenters. The quantitative estimate of drug-likeness (QED) is 0.252. The number of nitrogens with zero attached hydrogens (tertiary/aromatic N) is 6. The standard InChI is InChI=1S/C29H38N10O2/c1-38-13-11-21(12-14-38)32-28(40)18-9-10-22(23(15-18)41-3)33-29-34-26(31-20-7-5-4-6-8-20)24-25(36-37-27(24)35-29)19-16-30-39(2)17-19/h9-10,15-17,20-21H,4-8,11-14H2,1-3H3,(H,32,40)(H3,31,33,34,35,36,37). The van der Waals surface area contributed by atoms with Crippen molar-refractivity contribution >= 4 is 34.4 Å². The Labute approximate surface area is 239 Å². The molecule has 2 fully saturated rings. The number of rotatable bonds is 8. The third-order valence-electron chi connectivity index (χ3n) is 8.11. The van der Waals surface area contributed by atoms with Crippen molar-refractivity contribution in [3.05, 3.63) is 36.2 Å². The van der Waals surface area contributed by atoms with E-state index in [1.807, 2.05) is 19.3 Å². The highest BCUT2D eigenvalue weighted by Gasteiger charge is 2.23. The van der Waals surface area contributed by atoms with E-state index in [1.54, 1.807) is 30.1 Å². The minimum atomic E-state index is -0.0959. The molecule has 1 saturated heterocycles. The van der Waals surface area contributed by atoms with Crippen molar-refractivity contribution in [3.63, 3.8) is 0 Å². The molecule has 12 heteroatoms. The molecule has 0 unspecified atom stereocenters. The predicted octanol–water partition coefficient (Wildman–Crippen LogP) is 4.07. The number of aromatic nitrogens is 6. The summed E-state index contributed by atoms with van der Waals surface area (Å²) in [6.07, 6.45) is 11.5. The number of carbonyl (C=O) groups is 1. The average Bonchev–Trinajstić information content (AvgIpc) is 3.61. The smallest absolute Gasteiger partial charge is 0.251 e. The Morgan fingerprint density at radius 1 is 1.05 bits per heavy atom. The van der Waals surface area contributed by atoms with Crippen LogP contribution in [0.15, 0.2) is 30.6 Å². The van der Waals surface area contributed by atoms with Gasteiger partial charge in [0.05, 0.1) is 24.4 Å². The van der Waals surface area contributed by atoms with Gasteiger partial charge in [0.15, 0.2) is 5.65 Å². The van der Waals surface area contributed by atoms with Crippen LogP contribution in [-0.2, 0) is 7.05 Å². The van der Waals surface area contributed by atoms with Crippen LogP contribution in [0.2, 0.25) is 0 Å². The van der Waals surface area contributed by atoms with Gasteiger partial charge < -0.3 is 25.6 Å². The lowest BCUT2D eigenvalue weighted by Crippen LogP contribution is -2.43. The van der Waals surface area contributed by atoms with E-state index in [0.717, 1.165) is 61.2 Å². The van der Waals surface area contributed by atoms with Gasteiger partial charge in [-0.05, 0) is 64.0 Å². The van der Waals surface area contributed by atoms with E-state index < -0.39 is 0 Å². The lowest BCUT2D eigenvalue weighted by Gasteiger charge is -2.29. The largest absolute Gasteiger partial charge is 0.495 e. The number of ether oxygens (including phenoxy) is 1. The number of anilines is 3. The van der Waals surface area contributed by atoms with E-state index in [9.17, 15) is 4.79 Å². The number of benzene rings is 1. The maximum Gasteiger partial charge on any atom is 0.251 e. The minimum absolute atomic E-state index is 0.0959. The zero-order valence-electron chi connectivity index (χ0n) is 23.9. The van der Waals surface area contributed by atoms with Gasteiger partial charge >= 0.3 is 0 Å². The van der Waals surface area contributed by atoms with Crippen molar-refractivity contribution in [2.45, 2.75) is 57.0 Å². The summed E-state index contributed by atoms with van der Waals surface area (Å²) in [6, 6.07) is 5.90. The van der Waals surface area contributed by atoms with Gasteiger partial charge in [-0.15, -0.1) is 0 Å². The monoisotopic (exact) mass is 558 g/mol. The fraction of sp³-hybridized carbons (Fsp3) is 0.483. The first-order valence-electron chi connectivity index (χ1n) is 14.4. The molecule has 6 rings (SSSR count). The summed E-state index contributed by atoms with van der Waals surface area (Å²) >= 11 is 0. The molecule has 1 aliphatic heterocycles. The molecule has 4 N–H and O–H groups in total. The van der Waals surface area contributed by atoms with Crippen LogP contribution in [0.5, 0.6) is 5.75 Å². The summed E-state index contributed by atoms with van der Waals surface area (Å²) in [5.74, 6) is 1.57. The van der Waals surface area contributed by atoms with Crippen LogP contribution in [0.3, 0.4) is 0 Å². The van der Waals surface area contributed by atoms with Crippen LogP contribution in [0.25, 0.3) is 22.3 Å². The van der Waals surface area contributed by atoms with Gasteiger partial charge in [-0.3, -0.25) is 14.6 Å². The number of fused-ring (bicyclic) bond motifs is 1. The number of aromatic amines is 1. The molecular formula is C29H38N10O2. The summed E-state index contributed by atoms with van der Waals surface area (Å²) in [6.45, 7) is 1.97. The fourth-order valence-corrected chi connectivity index (χ4v) is 5.76. The summed E-state index contributed by atoms with van der Waals surface area (Å²) in [5, 5.41) is 23.0. The molecule has 12 nitrogen and oxygen atoms in total. The van der Waals surface area contributed by atoms with Gasteiger partial charge in [-0.1, -0.05) is 19.3 Å². The number of likely N-dealkylation sites (tertiary alicyclic amines) is 1.